The van der Waals surface area contributed by atoms with Crippen molar-refractivity contribution in [1.29, 1.82) is 0 Å². The fourth-order valence-corrected chi connectivity index (χ4v) is 1.23. The monoisotopic (exact) mass is 186 g/mol. The SMILES string of the molecule is Oc1ccc(C=C2C=NC=NC2)cc1. The molecule has 0 fully saturated rings. The Morgan fingerprint density at radius 2 is 2.00 bits per heavy atom. The lowest BCUT2D eigenvalue weighted by Gasteiger charge is -2.01. The standard InChI is InChI=1S/C11H10N2O/c14-11-3-1-9(2-4-11)5-10-6-12-8-13-7-10/h1-6,8,14H,7H2. The van der Waals surface area contributed by atoms with Gasteiger partial charge in [0.1, 0.15) is 12.1 Å². The summed E-state index contributed by atoms with van der Waals surface area (Å²) in [5.41, 5.74) is 2.11. The van der Waals surface area contributed by atoms with E-state index in [0.29, 0.717) is 6.54 Å². The molecular formula is C11H10N2O. The summed E-state index contributed by atoms with van der Waals surface area (Å²) < 4.78 is 0. The Morgan fingerprint density at radius 3 is 2.64 bits per heavy atom. The van der Waals surface area contributed by atoms with Crippen LogP contribution < -0.4 is 0 Å². The predicted octanol–water partition coefficient (Wildman–Crippen LogP) is 1.89. The van der Waals surface area contributed by atoms with Crippen molar-refractivity contribution in [3.63, 3.8) is 0 Å². The quantitative estimate of drug-likeness (QED) is 0.715. The molecule has 3 nitrogen and oxygen atoms in total. The van der Waals surface area contributed by atoms with Crippen LogP contribution in [0.4, 0.5) is 0 Å². The average Bonchev–Trinajstić information content (AvgIpc) is 2.23. The van der Waals surface area contributed by atoms with Gasteiger partial charge in [-0.05, 0) is 29.3 Å². The summed E-state index contributed by atoms with van der Waals surface area (Å²) in [5, 5.41) is 9.09. The molecule has 1 aromatic rings. The maximum Gasteiger partial charge on any atom is 0.115 e. The third kappa shape index (κ3) is 2.07. The average molecular weight is 186 g/mol. The van der Waals surface area contributed by atoms with Crippen molar-refractivity contribution in [2.45, 2.75) is 0 Å². The molecule has 1 heterocycles. The molecule has 0 saturated heterocycles. The second-order valence-corrected chi connectivity index (χ2v) is 3.05. The zero-order valence-electron chi connectivity index (χ0n) is 7.59. The molecule has 70 valence electrons. The van der Waals surface area contributed by atoms with Gasteiger partial charge in [0.25, 0.3) is 0 Å². The summed E-state index contributed by atoms with van der Waals surface area (Å²) in [5.74, 6) is 0.280. The van der Waals surface area contributed by atoms with Gasteiger partial charge < -0.3 is 5.11 Å². The van der Waals surface area contributed by atoms with Crippen LogP contribution in [0, 0.1) is 0 Å². The molecule has 0 atom stereocenters. The number of phenols is 1. The molecule has 14 heavy (non-hydrogen) atoms. The summed E-state index contributed by atoms with van der Waals surface area (Å²) in [6, 6.07) is 7.04. The lowest BCUT2D eigenvalue weighted by molar-refractivity contribution is 0.475. The molecule has 0 saturated carbocycles. The van der Waals surface area contributed by atoms with Gasteiger partial charge in [-0.1, -0.05) is 12.1 Å². The van der Waals surface area contributed by atoms with E-state index in [-0.39, 0.29) is 5.75 Å². The van der Waals surface area contributed by atoms with Crippen LogP contribution in [0.1, 0.15) is 5.56 Å². The van der Waals surface area contributed by atoms with E-state index in [1.54, 1.807) is 24.7 Å². The Labute approximate surface area is 82.1 Å². The minimum atomic E-state index is 0.280. The van der Waals surface area contributed by atoms with Crippen molar-refractivity contribution < 1.29 is 5.11 Å². The van der Waals surface area contributed by atoms with Crippen LogP contribution in [0.3, 0.4) is 0 Å². The molecule has 1 aliphatic rings. The normalized spacial score (nSPS) is 17.6. The van der Waals surface area contributed by atoms with Crippen LogP contribution in [0.2, 0.25) is 0 Å². The van der Waals surface area contributed by atoms with Gasteiger partial charge in [0.2, 0.25) is 0 Å². The Morgan fingerprint density at radius 1 is 1.21 bits per heavy atom. The smallest absolute Gasteiger partial charge is 0.115 e. The van der Waals surface area contributed by atoms with Crippen LogP contribution in [0.25, 0.3) is 6.08 Å². The first-order valence-corrected chi connectivity index (χ1v) is 4.36. The lowest BCUT2D eigenvalue weighted by atomic mass is 10.1. The third-order valence-corrected chi connectivity index (χ3v) is 1.91. The molecule has 1 N–H and O–H groups in total. The summed E-state index contributed by atoms with van der Waals surface area (Å²) in [4.78, 5) is 7.97. The number of aliphatic imine (C=N–C) groups is 2. The van der Waals surface area contributed by atoms with E-state index in [4.69, 9.17) is 5.11 Å². The summed E-state index contributed by atoms with van der Waals surface area (Å²) in [6.45, 7) is 0.671. The third-order valence-electron chi connectivity index (χ3n) is 1.91. The van der Waals surface area contributed by atoms with Gasteiger partial charge in [-0.25, -0.2) is 4.99 Å². The highest BCUT2D eigenvalue weighted by molar-refractivity contribution is 5.92. The number of nitrogens with zero attached hydrogens (tertiary/aromatic N) is 2. The van der Waals surface area contributed by atoms with Crippen molar-refractivity contribution >= 4 is 18.6 Å². The Balaban J connectivity index is 2.21. The van der Waals surface area contributed by atoms with Gasteiger partial charge >= 0.3 is 0 Å². The zero-order valence-corrected chi connectivity index (χ0v) is 7.59. The Hall–Kier alpha value is -1.90. The van der Waals surface area contributed by atoms with E-state index in [9.17, 15) is 0 Å². The molecular weight excluding hydrogens is 176 g/mol. The largest absolute Gasteiger partial charge is 0.508 e. The van der Waals surface area contributed by atoms with E-state index < -0.39 is 0 Å². The van der Waals surface area contributed by atoms with Crippen molar-refractivity contribution in [3.8, 4) is 5.75 Å². The zero-order chi connectivity index (χ0) is 9.80. The van der Waals surface area contributed by atoms with E-state index in [0.717, 1.165) is 11.1 Å². The van der Waals surface area contributed by atoms with E-state index in [2.05, 4.69) is 9.98 Å². The highest BCUT2D eigenvalue weighted by atomic mass is 16.3. The predicted molar refractivity (Wildman–Crippen MR) is 57.9 cm³/mol. The van der Waals surface area contributed by atoms with Crippen molar-refractivity contribution in [3.05, 3.63) is 35.4 Å². The minimum absolute atomic E-state index is 0.280. The second kappa shape index (κ2) is 3.87. The van der Waals surface area contributed by atoms with Crippen LogP contribution in [0.15, 0.2) is 39.8 Å². The fourth-order valence-electron chi connectivity index (χ4n) is 1.23. The van der Waals surface area contributed by atoms with E-state index in [1.165, 1.54) is 0 Å². The van der Waals surface area contributed by atoms with Gasteiger partial charge in [0.15, 0.2) is 0 Å². The number of benzene rings is 1. The molecule has 0 radical (unpaired) electrons. The maximum atomic E-state index is 9.09. The minimum Gasteiger partial charge on any atom is -0.508 e. The molecule has 0 spiro atoms. The van der Waals surface area contributed by atoms with Crippen LogP contribution in [-0.4, -0.2) is 24.2 Å². The first-order chi connectivity index (χ1) is 6.84. The molecule has 0 bridgehead atoms. The van der Waals surface area contributed by atoms with Gasteiger partial charge in [-0.2, -0.15) is 0 Å². The highest BCUT2D eigenvalue weighted by Gasteiger charge is 1.96. The number of phenolic OH excluding ortho intramolecular Hbond substituents is 1. The molecule has 1 aromatic carbocycles. The lowest BCUT2D eigenvalue weighted by Crippen LogP contribution is -1.95. The van der Waals surface area contributed by atoms with Crippen LogP contribution in [0.5, 0.6) is 5.75 Å². The molecule has 0 aromatic heterocycles. The van der Waals surface area contributed by atoms with Gasteiger partial charge in [-0.15, -0.1) is 0 Å². The molecule has 1 aliphatic heterocycles. The molecule has 2 rings (SSSR count). The summed E-state index contributed by atoms with van der Waals surface area (Å²) in [7, 11) is 0. The van der Waals surface area contributed by atoms with Gasteiger partial charge in [-0.3, -0.25) is 4.99 Å². The summed E-state index contributed by atoms with van der Waals surface area (Å²) in [6.07, 6.45) is 5.34. The molecule has 3 heteroatoms. The topological polar surface area (TPSA) is 45.0 Å². The van der Waals surface area contributed by atoms with Crippen molar-refractivity contribution in [1.82, 2.24) is 0 Å². The first kappa shape index (κ1) is 8.69. The van der Waals surface area contributed by atoms with Gasteiger partial charge in [0.05, 0.1) is 6.54 Å². The Kier molecular flexibility index (Phi) is 2.40. The molecule has 0 aliphatic carbocycles. The molecule has 0 amide bonds. The summed E-state index contributed by atoms with van der Waals surface area (Å²) >= 11 is 0. The second-order valence-electron chi connectivity index (χ2n) is 3.05. The Bertz CT molecular complexity index is 402. The number of hydrogen-bond donors (Lipinski definition) is 1. The molecule has 0 unspecified atom stereocenters. The van der Waals surface area contributed by atoms with Gasteiger partial charge in [0, 0.05) is 6.21 Å². The van der Waals surface area contributed by atoms with Crippen LogP contribution >= 0.6 is 0 Å². The van der Waals surface area contributed by atoms with Crippen molar-refractivity contribution in [2.75, 3.05) is 6.54 Å². The van der Waals surface area contributed by atoms with E-state index >= 15 is 0 Å². The highest BCUT2D eigenvalue weighted by Crippen LogP contribution is 2.12. The number of hydrogen-bond acceptors (Lipinski definition) is 3. The van der Waals surface area contributed by atoms with Crippen molar-refractivity contribution in [2.24, 2.45) is 9.98 Å². The maximum absolute atomic E-state index is 9.09. The van der Waals surface area contributed by atoms with Crippen LogP contribution in [-0.2, 0) is 0 Å². The van der Waals surface area contributed by atoms with E-state index in [1.807, 2.05) is 18.2 Å². The number of aromatic hydroxyl groups is 1. The first-order valence-electron chi connectivity index (χ1n) is 4.36. The number of rotatable bonds is 1. The fraction of sp³-hybridized carbons (Fsp3) is 0.0909.